The van der Waals surface area contributed by atoms with E-state index in [1.165, 1.54) is 0 Å². The summed E-state index contributed by atoms with van der Waals surface area (Å²) in [7, 11) is 0. The van der Waals surface area contributed by atoms with Crippen molar-refractivity contribution in [3.05, 3.63) is 48.0 Å². The van der Waals surface area contributed by atoms with E-state index in [2.05, 4.69) is 24.7 Å². The van der Waals surface area contributed by atoms with Gasteiger partial charge in [0.25, 0.3) is 5.91 Å². The van der Waals surface area contributed by atoms with Gasteiger partial charge in [0.15, 0.2) is 0 Å². The van der Waals surface area contributed by atoms with E-state index in [0.29, 0.717) is 22.5 Å². The lowest BCUT2D eigenvalue weighted by Gasteiger charge is -2.14. The van der Waals surface area contributed by atoms with E-state index in [0.717, 1.165) is 17.2 Å². The molecular weight excluding hydrogens is 366 g/mol. The van der Waals surface area contributed by atoms with Crippen molar-refractivity contribution in [1.29, 1.82) is 0 Å². The van der Waals surface area contributed by atoms with E-state index in [9.17, 15) is 14.4 Å². The molecule has 1 aliphatic heterocycles. The van der Waals surface area contributed by atoms with Gasteiger partial charge >= 0.3 is 0 Å². The number of benzene rings is 2. The molecule has 0 spiro atoms. The van der Waals surface area contributed by atoms with Crippen LogP contribution in [0.25, 0.3) is 11.0 Å². The molecule has 1 atom stereocenters. The van der Waals surface area contributed by atoms with Gasteiger partial charge in [0.1, 0.15) is 17.1 Å². The van der Waals surface area contributed by atoms with Gasteiger partial charge in [0.2, 0.25) is 11.8 Å². The van der Waals surface area contributed by atoms with Crippen LogP contribution in [0.2, 0.25) is 0 Å². The van der Waals surface area contributed by atoms with E-state index >= 15 is 0 Å². The number of carbonyl (C=O) groups is 3. The Bertz CT molecular complexity index is 1050. The van der Waals surface area contributed by atoms with Gasteiger partial charge in [-0.2, -0.15) is 8.75 Å². The summed E-state index contributed by atoms with van der Waals surface area (Å²) in [4.78, 5) is 36.9. The molecule has 2 heterocycles. The lowest BCUT2D eigenvalue weighted by molar-refractivity contribution is -0.118. The minimum atomic E-state index is -0.777. The third-order valence-electron chi connectivity index (χ3n) is 4.25. The first-order valence-electron chi connectivity index (χ1n) is 8.33. The molecule has 0 unspecified atom stereocenters. The molecule has 136 valence electrons. The standard InChI is InChI=1S/C18H15N5O3S/c24-16(19-10-5-6-13-15(9-10)23-27-22-13)8-7-14-18(26)20-12-4-2-1-3-11(12)17(25)21-14/h1-6,9,14H,7-8H2,(H,19,24)(H,20,26)(H,21,25)/t14-/m0/s1. The predicted octanol–water partition coefficient (Wildman–Crippen LogP) is 2.16. The Balaban J connectivity index is 1.38. The van der Waals surface area contributed by atoms with Crippen molar-refractivity contribution in [1.82, 2.24) is 14.1 Å². The van der Waals surface area contributed by atoms with Crippen LogP contribution in [0.3, 0.4) is 0 Å². The van der Waals surface area contributed by atoms with Crippen molar-refractivity contribution in [2.24, 2.45) is 0 Å². The smallest absolute Gasteiger partial charge is 0.254 e. The molecule has 0 bridgehead atoms. The summed E-state index contributed by atoms with van der Waals surface area (Å²) in [5.74, 6) is -0.923. The van der Waals surface area contributed by atoms with Gasteiger partial charge in [-0.3, -0.25) is 14.4 Å². The van der Waals surface area contributed by atoms with Crippen molar-refractivity contribution in [2.75, 3.05) is 10.6 Å². The summed E-state index contributed by atoms with van der Waals surface area (Å²) in [6.45, 7) is 0. The predicted molar refractivity (Wildman–Crippen MR) is 102 cm³/mol. The molecule has 8 nitrogen and oxygen atoms in total. The number of nitrogens with zero attached hydrogens (tertiary/aromatic N) is 2. The lowest BCUT2D eigenvalue weighted by Crippen LogP contribution is -2.41. The van der Waals surface area contributed by atoms with Crippen LogP contribution in [0, 0.1) is 0 Å². The number of aromatic nitrogens is 2. The number of fused-ring (bicyclic) bond motifs is 2. The van der Waals surface area contributed by atoms with E-state index in [4.69, 9.17) is 0 Å². The van der Waals surface area contributed by atoms with Gasteiger partial charge in [-0.1, -0.05) is 12.1 Å². The van der Waals surface area contributed by atoms with E-state index < -0.39 is 6.04 Å². The van der Waals surface area contributed by atoms with Crippen LogP contribution in [0.5, 0.6) is 0 Å². The molecule has 0 aliphatic carbocycles. The number of amides is 3. The molecule has 1 aromatic heterocycles. The van der Waals surface area contributed by atoms with Gasteiger partial charge in [0, 0.05) is 12.1 Å². The fourth-order valence-corrected chi connectivity index (χ4v) is 3.39. The first kappa shape index (κ1) is 17.1. The Morgan fingerprint density at radius 3 is 2.81 bits per heavy atom. The quantitative estimate of drug-likeness (QED) is 0.641. The number of para-hydroxylation sites is 1. The average molecular weight is 381 g/mol. The summed E-state index contributed by atoms with van der Waals surface area (Å²) < 4.78 is 8.24. The Morgan fingerprint density at radius 1 is 1.11 bits per heavy atom. The van der Waals surface area contributed by atoms with Gasteiger partial charge in [-0.15, -0.1) is 0 Å². The van der Waals surface area contributed by atoms with Crippen LogP contribution in [0.4, 0.5) is 11.4 Å². The van der Waals surface area contributed by atoms with Crippen molar-refractivity contribution in [3.8, 4) is 0 Å². The number of anilines is 2. The number of hydrogen-bond donors (Lipinski definition) is 3. The maximum atomic E-state index is 12.3. The third kappa shape index (κ3) is 3.63. The molecule has 3 N–H and O–H groups in total. The molecule has 9 heteroatoms. The fraction of sp³-hybridized carbons (Fsp3) is 0.167. The van der Waals surface area contributed by atoms with Crippen LogP contribution in [-0.2, 0) is 9.59 Å². The summed E-state index contributed by atoms with van der Waals surface area (Å²) in [6.07, 6.45) is 0.278. The highest BCUT2D eigenvalue weighted by Crippen LogP contribution is 2.20. The lowest BCUT2D eigenvalue weighted by atomic mass is 10.1. The first-order valence-corrected chi connectivity index (χ1v) is 9.06. The second-order valence-corrected chi connectivity index (χ2v) is 6.64. The minimum Gasteiger partial charge on any atom is -0.340 e. The zero-order valence-corrected chi connectivity index (χ0v) is 14.9. The Kier molecular flexibility index (Phi) is 4.51. The number of carbonyl (C=O) groups excluding carboxylic acids is 3. The molecule has 3 amide bonds. The van der Waals surface area contributed by atoms with E-state index in [1.807, 2.05) is 0 Å². The van der Waals surface area contributed by atoms with E-state index in [-0.39, 0.29) is 30.6 Å². The SMILES string of the molecule is O=C(CC[C@@H]1NC(=O)c2ccccc2NC1=O)Nc1ccc2nsnc2c1. The normalized spacial score (nSPS) is 16.2. The highest BCUT2D eigenvalue weighted by molar-refractivity contribution is 7.00. The zero-order chi connectivity index (χ0) is 18.8. The van der Waals surface area contributed by atoms with Crippen molar-refractivity contribution < 1.29 is 14.4 Å². The molecule has 2 aromatic carbocycles. The monoisotopic (exact) mass is 381 g/mol. The summed E-state index contributed by atoms with van der Waals surface area (Å²) in [5.41, 5.74) is 2.98. The minimum absolute atomic E-state index is 0.0854. The van der Waals surface area contributed by atoms with E-state index in [1.54, 1.807) is 42.5 Å². The van der Waals surface area contributed by atoms with Crippen LogP contribution in [0.15, 0.2) is 42.5 Å². The third-order valence-corrected chi connectivity index (χ3v) is 4.81. The molecule has 3 aromatic rings. The van der Waals surface area contributed by atoms with Crippen LogP contribution < -0.4 is 16.0 Å². The van der Waals surface area contributed by atoms with Gasteiger partial charge in [-0.25, -0.2) is 0 Å². The molecular formula is C18H15N5O3S. The second-order valence-electron chi connectivity index (χ2n) is 6.12. The second kappa shape index (κ2) is 7.12. The number of rotatable bonds is 4. The Morgan fingerprint density at radius 2 is 1.93 bits per heavy atom. The van der Waals surface area contributed by atoms with Crippen LogP contribution in [-0.4, -0.2) is 32.5 Å². The summed E-state index contributed by atoms with van der Waals surface area (Å²) >= 11 is 1.11. The molecule has 1 aliphatic rings. The fourth-order valence-electron chi connectivity index (χ4n) is 2.87. The zero-order valence-electron chi connectivity index (χ0n) is 14.1. The topological polar surface area (TPSA) is 113 Å². The molecule has 27 heavy (non-hydrogen) atoms. The molecule has 0 fully saturated rings. The highest BCUT2D eigenvalue weighted by Gasteiger charge is 2.27. The Labute approximate surface area is 158 Å². The largest absolute Gasteiger partial charge is 0.340 e. The van der Waals surface area contributed by atoms with Crippen LogP contribution in [0.1, 0.15) is 23.2 Å². The molecule has 0 saturated carbocycles. The first-order chi connectivity index (χ1) is 13.1. The summed E-state index contributed by atoms with van der Waals surface area (Å²) in [6, 6.07) is 11.3. The maximum absolute atomic E-state index is 12.3. The molecule has 0 radical (unpaired) electrons. The Hall–Kier alpha value is -3.33. The summed E-state index contributed by atoms with van der Waals surface area (Å²) in [5, 5.41) is 8.18. The number of nitrogens with one attached hydrogen (secondary N) is 3. The van der Waals surface area contributed by atoms with Gasteiger partial charge in [0.05, 0.1) is 23.0 Å². The average Bonchev–Trinajstić information content (AvgIpc) is 3.08. The maximum Gasteiger partial charge on any atom is 0.254 e. The highest BCUT2D eigenvalue weighted by atomic mass is 32.1. The van der Waals surface area contributed by atoms with Gasteiger partial charge < -0.3 is 16.0 Å². The molecule has 0 saturated heterocycles. The van der Waals surface area contributed by atoms with Crippen molar-refractivity contribution in [2.45, 2.75) is 18.9 Å². The van der Waals surface area contributed by atoms with Crippen LogP contribution >= 0.6 is 11.7 Å². The van der Waals surface area contributed by atoms with Gasteiger partial charge in [-0.05, 0) is 36.8 Å². The molecule has 4 rings (SSSR count). The number of hydrogen-bond acceptors (Lipinski definition) is 6. The van der Waals surface area contributed by atoms with Crippen molar-refractivity contribution in [3.63, 3.8) is 0 Å². The van der Waals surface area contributed by atoms with Crippen molar-refractivity contribution >= 4 is 51.9 Å².